The van der Waals surface area contributed by atoms with Crippen molar-refractivity contribution < 1.29 is 33.0 Å². The van der Waals surface area contributed by atoms with Gasteiger partial charge < -0.3 is 20.1 Å². The number of anilines is 1. The first-order valence-corrected chi connectivity index (χ1v) is 9.83. The van der Waals surface area contributed by atoms with Crippen LogP contribution in [0.4, 0.5) is 9.39 Å². The van der Waals surface area contributed by atoms with E-state index in [1.54, 1.807) is 13.8 Å². The summed E-state index contributed by atoms with van der Waals surface area (Å²) in [5.41, 5.74) is -0.00881. The molecule has 0 aliphatic rings. The van der Waals surface area contributed by atoms with E-state index in [1.165, 1.54) is 13.1 Å². The molecule has 8 nitrogen and oxygen atoms in total. The predicted molar refractivity (Wildman–Crippen MR) is 109 cm³/mol. The summed E-state index contributed by atoms with van der Waals surface area (Å²) in [7, 11) is 1.43. The van der Waals surface area contributed by atoms with Crippen molar-refractivity contribution in [3.05, 3.63) is 50.6 Å². The summed E-state index contributed by atoms with van der Waals surface area (Å²) in [4.78, 5) is 48.7. The SMILES string of the molecule is CCOC(=O)c1c(NC(=O)COC(=O)c2ccc(Cl)cc2F)sc(C(=O)NC)c1C. The zero-order chi connectivity index (χ0) is 22.4. The summed E-state index contributed by atoms with van der Waals surface area (Å²) < 4.78 is 23.6. The Hall–Kier alpha value is -2.98. The van der Waals surface area contributed by atoms with Crippen LogP contribution in [0.1, 0.15) is 42.9 Å². The van der Waals surface area contributed by atoms with Crippen molar-refractivity contribution in [3.63, 3.8) is 0 Å². The molecule has 0 radical (unpaired) electrons. The lowest BCUT2D eigenvalue weighted by Crippen LogP contribution is -2.22. The number of rotatable bonds is 7. The first kappa shape index (κ1) is 23.3. The third-order valence-electron chi connectivity index (χ3n) is 3.80. The van der Waals surface area contributed by atoms with Gasteiger partial charge in [-0.1, -0.05) is 11.6 Å². The zero-order valence-electron chi connectivity index (χ0n) is 16.3. The van der Waals surface area contributed by atoms with Gasteiger partial charge >= 0.3 is 11.9 Å². The molecule has 0 spiro atoms. The lowest BCUT2D eigenvalue weighted by molar-refractivity contribution is -0.119. The van der Waals surface area contributed by atoms with Gasteiger partial charge in [-0.05, 0) is 37.6 Å². The molecule has 0 aliphatic heterocycles. The first-order valence-electron chi connectivity index (χ1n) is 8.64. The average molecular weight is 457 g/mol. The van der Waals surface area contributed by atoms with E-state index in [0.717, 1.165) is 23.5 Å². The maximum Gasteiger partial charge on any atom is 0.341 e. The summed E-state index contributed by atoms with van der Waals surface area (Å²) in [6.07, 6.45) is 0. The number of hydrogen-bond donors (Lipinski definition) is 2. The van der Waals surface area contributed by atoms with Crippen molar-refractivity contribution in [2.75, 3.05) is 25.6 Å². The smallest absolute Gasteiger partial charge is 0.341 e. The van der Waals surface area contributed by atoms with Gasteiger partial charge in [0.25, 0.3) is 11.8 Å². The van der Waals surface area contributed by atoms with Crippen LogP contribution in [0.15, 0.2) is 18.2 Å². The molecule has 2 N–H and O–H groups in total. The molecule has 0 saturated carbocycles. The van der Waals surface area contributed by atoms with Crippen molar-refractivity contribution in [1.82, 2.24) is 5.32 Å². The van der Waals surface area contributed by atoms with E-state index in [2.05, 4.69) is 10.6 Å². The normalized spacial score (nSPS) is 10.3. The molecule has 2 amide bonds. The monoisotopic (exact) mass is 456 g/mol. The van der Waals surface area contributed by atoms with Gasteiger partial charge in [-0.25, -0.2) is 14.0 Å². The number of ether oxygens (including phenoxy) is 2. The molecule has 2 rings (SSSR count). The third kappa shape index (κ3) is 5.33. The molecule has 30 heavy (non-hydrogen) atoms. The lowest BCUT2D eigenvalue weighted by atomic mass is 10.1. The Bertz CT molecular complexity index is 1010. The average Bonchev–Trinajstić information content (AvgIpc) is 3.01. The Morgan fingerprint density at radius 1 is 1.17 bits per heavy atom. The van der Waals surface area contributed by atoms with Gasteiger partial charge in [-0.15, -0.1) is 11.3 Å². The van der Waals surface area contributed by atoms with E-state index in [1.807, 2.05) is 0 Å². The molecule has 11 heteroatoms. The number of benzene rings is 1. The molecule has 1 aromatic carbocycles. The highest BCUT2D eigenvalue weighted by molar-refractivity contribution is 7.18. The van der Waals surface area contributed by atoms with Gasteiger partial charge in [0.05, 0.1) is 22.6 Å². The maximum absolute atomic E-state index is 13.8. The minimum Gasteiger partial charge on any atom is -0.462 e. The number of hydrogen-bond acceptors (Lipinski definition) is 7. The fourth-order valence-electron chi connectivity index (χ4n) is 2.41. The predicted octanol–water partition coefficient (Wildman–Crippen LogP) is 3.18. The Balaban J connectivity index is 2.16. The van der Waals surface area contributed by atoms with E-state index in [4.69, 9.17) is 21.1 Å². The van der Waals surface area contributed by atoms with Crippen LogP contribution in [-0.2, 0) is 14.3 Å². The van der Waals surface area contributed by atoms with Gasteiger partial charge in [0.15, 0.2) is 6.61 Å². The summed E-state index contributed by atoms with van der Waals surface area (Å²) in [6, 6.07) is 3.38. The quantitative estimate of drug-likeness (QED) is 0.619. The second kappa shape index (κ2) is 10.2. The molecule has 1 aromatic heterocycles. The van der Waals surface area contributed by atoms with Crippen LogP contribution in [0, 0.1) is 12.7 Å². The van der Waals surface area contributed by atoms with Gasteiger partial charge in [0, 0.05) is 12.1 Å². The Kier molecular flexibility index (Phi) is 7.90. The minimum absolute atomic E-state index is 0.0314. The van der Waals surface area contributed by atoms with E-state index in [9.17, 15) is 23.6 Å². The highest BCUT2D eigenvalue weighted by Crippen LogP contribution is 2.33. The van der Waals surface area contributed by atoms with E-state index in [-0.39, 0.29) is 32.6 Å². The molecule has 160 valence electrons. The van der Waals surface area contributed by atoms with Crippen LogP contribution >= 0.6 is 22.9 Å². The molecule has 2 aromatic rings. The van der Waals surface area contributed by atoms with Gasteiger partial charge in [0.1, 0.15) is 10.8 Å². The Morgan fingerprint density at radius 3 is 2.47 bits per heavy atom. The third-order valence-corrected chi connectivity index (χ3v) is 5.24. The van der Waals surface area contributed by atoms with Crippen LogP contribution in [0.2, 0.25) is 5.02 Å². The highest BCUT2D eigenvalue weighted by atomic mass is 35.5. The van der Waals surface area contributed by atoms with Crippen LogP contribution in [0.25, 0.3) is 0 Å². The molecule has 1 heterocycles. The number of halogens is 2. The van der Waals surface area contributed by atoms with Crippen molar-refractivity contribution in [1.29, 1.82) is 0 Å². The lowest BCUT2D eigenvalue weighted by Gasteiger charge is -2.08. The van der Waals surface area contributed by atoms with Crippen LogP contribution < -0.4 is 10.6 Å². The second-order valence-electron chi connectivity index (χ2n) is 5.81. The number of carbonyl (C=O) groups excluding carboxylic acids is 4. The molecule has 0 fully saturated rings. The number of carbonyl (C=O) groups is 4. The van der Waals surface area contributed by atoms with Crippen molar-refractivity contribution in [2.24, 2.45) is 0 Å². The maximum atomic E-state index is 13.8. The van der Waals surface area contributed by atoms with Crippen molar-refractivity contribution >= 4 is 51.7 Å². The van der Waals surface area contributed by atoms with Crippen LogP contribution in [0.3, 0.4) is 0 Å². The first-order chi connectivity index (χ1) is 14.2. The number of esters is 2. The van der Waals surface area contributed by atoms with Crippen LogP contribution in [-0.4, -0.2) is 44.0 Å². The van der Waals surface area contributed by atoms with Crippen LogP contribution in [0.5, 0.6) is 0 Å². The highest BCUT2D eigenvalue weighted by Gasteiger charge is 2.26. The molecule has 0 atom stereocenters. The topological polar surface area (TPSA) is 111 Å². The zero-order valence-corrected chi connectivity index (χ0v) is 17.8. The van der Waals surface area contributed by atoms with E-state index < -0.39 is 36.2 Å². The minimum atomic E-state index is -1.06. The standard InChI is InChI=1S/C19H18ClFN2O6S/c1-4-28-19(27)14-9(2)15(16(25)22-3)30-17(14)23-13(24)8-29-18(26)11-6-5-10(20)7-12(11)21/h5-7H,4,8H2,1-3H3,(H,22,25)(H,23,24). The molecule has 0 aliphatic carbocycles. The fraction of sp³-hybridized carbons (Fsp3) is 0.263. The molecule has 0 saturated heterocycles. The van der Waals surface area contributed by atoms with Gasteiger partial charge in [-0.2, -0.15) is 0 Å². The number of amides is 2. The number of thiophene rings is 1. The van der Waals surface area contributed by atoms with E-state index >= 15 is 0 Å². The fourth-order valence-corrected chi connectivity index (χ4v) is 3.72. The summed E-state index contributed by atoms with van der Waals surface area (Å²) in [5.74, 6) is -3.88. The molecular formula is C19H18ClFN2O6S. The molecule has 0 bridgehead atoms. The Labute approximate surface area is 180 Å². The summed E-state index contributed by atoms with van der Waals surface area (Å²) >= 11 is 6.50. The largest absolute Gasteiger partial charge is 0.462 e. The Morgan fingerprint density at radius 2 is 1.87 bits per heavy atom. The number of nitrogens with one attached hydrogen (secondary N) is 2. The summed E-state index contributed by atoms with van der Waals surface area (Å²) in [6.45, 7) is 2.52. The van der Waals surface area contributed by atoms with Crippen molar-refractivity contribution in [2.45, 2.75) is 13.8 Å². The second-order valence-corrected chi connectivity index (χ2v) is 7.27. The molecular weight excluding hydrogens is 439 g/mol. The summed E-state index contributed by atoms with van der Waals surface area (Å²) in [5, 5.41) is 5.05. The van der Waals surface area contributed by atoms with Gasteiger partial charge in [-0.3, -0.25) is 9.59 Å². The van der Waals surface area contributed by atoms with E-state index in [0.29, 0.717) is 5.56 Å². The van der Waals surface area contributed by atoms with Gasteiger partial charge in [0.2, 0.25) is 0 Å². The molecule has 0 unspecified atom stereocenters. The van der Waals surface area contributed by atoms with Crippen molar-refractivity contribution in [3.8, 4) is 0 Å².